The van der Waals surface area contributed by atoms with Gasteiger partial charge in [0.2, 0.25) is 0 Å². The van der Waals surface area contributed by atoms with Crippen LogP contribution in [0.3, 0.4) is 0 Å². The SMILES string of the molecule is CCN1C=NN(C)C1Br. The largest absolute Gasteiger partial charge is 0.331 e. The van der Waals surface area contributed by atoms with Gasteiger partial charge >= 0.3 is 0 Å². The summed E-state index contributed by atoms with van der Waals surface area (Å²) in [6, 6.07) is 0. The number of hydrogen-bond acceptors (Lipinski definition) is 3. The number of hydrogen-bond donors (Lipinski definition) is 0. The van der Waals surface area contributed by atoms with E-state index >= 15 is 0 Å². The Kier molecular flexibility index (Phi) is 1.95. The molecule has 0 aromatic rings. The van der Waals surface area contributed by atoms with E-state index in [1.54, 1.807) is 0 Å². The lowest BCUT2D eigenvalue weighted by Gasteiger charge is -2.20. The third-order valence-electron chi connectivity index (χ3n) is 1.33. The molecule has 3 nitrogen and oxygen atoms in total. The van der Waals surface area contributed by atoms with Crippen LogP contribution in [0, 0.1) is 0 Å². The third kappa shape index (κ3) is 1.18. The number of alkyl halides is 1. The van der Waals surface area contributed by atoms with Gasteiger partial charge in [-0.05, 0) is 22.9 Å². The molecule has 0 fully saturated rings. The molecule has 0 aromatic heterocycles. The highest BCUT2D eigenvalue weighted by atomic mass is 79.9. The van der Waals surface area contributed by atoms with Gasteiger partial charge in [-0.25, -0.2) is 0 Å². The second-order valence-corrected chi connectivity index (χ2v) is 2.76. The zero-order valence-corrected chi connectivity index (χ0v) is 7.17. The molecule has 0 radical (unpaired) electrons. The highest BCUT2D eigenvalue weighted by Crippen LogP contribution is 2.14. The molecule has 0 amide bonds. The van der Waals surface area contributed by atoms with Gasteiger partial charge in [0.05, 0.1) is 0 Å². The Morgan fingerprint density at radius 2 is 2.44 bits per heavy atom. The van der Waals surface area contributed by atoms with Gasteiger partial charge in [0.15, 0.2) is 5.08 Å². The standard InChI is InChI=1S/C5H10BrN3/c1-3-9-4-7-8(2)5(9)6/h4-5H,3H2,1-2H3. The average molecular weight is 192 g/mol. The molecular weight excluding hydrogens is 182 g/mol. The van der Waals surface area contributed by atoms with Crippen molar-refractivity contribution in [3.8, 4) is 0 Å². The van der Waals surface area contributed by atoms with Gasteiger partial charge in [0.25, 0.3) is 0 Å². The maximum atomic E-state index is 4.06. The Balaban J connectivity index is 2.51. The van der Waals surface area contributed by atoms with Crippen LogP contribution in [0.5, 0.6) is 0 Å². The minimum Gasteiger partial charge on any atom is -0.331 e. The summed E-state index contributed by atoms with van der Waals surface area (Å²) in [5, 5.41) is 6.17. The van der Waals surface area contributed by atoms with Gasteiger partial charge in [-0.3, -0.25) is 5.01 Å². The van der Waals surface area contributed by atoms with Crippen LogP contribution < -0.4 is 0 Å². The summed E-state index contributed by atoms with van der Waals surface area (Å²) < 4.78 is 0. The lowest BCUT2D eigenvalue weighted by molar-refractivity contribution is 0.257. The van der Waals surface area contributed by atoms with E-state index in [0.29, 0.717) is 0 Å². The molecule has 0 aromatic carbocycles. The first-order valence-electron chi connectivity index (χ1n) is 2.92. The van der Waals surface area contributed by atoms with Gasteiger partial charge in [-0.2, -0.15) is 5.10 Å². The lowest BCUT2D eigenvalue weighted by atomic mass is 10.6. The van der Waals surface area contributed by atoms with E-state index in [9.17, 15) is 0 Å². The van der Waals surface area contributed by atoms with E-state index in [1.165, 1.54) is 0 Å². The zero-order valence-electron chi connectivity index (χ0n) is 5.58. The van der Waals surface area contributed by atoms with Crippen molar-refractivity contribution in [1.82, 2.24) is 9.91 Å². The summed E-state index contributed by atoms with van der Waals surface area (Å²) in [7, 11) is 1.94. The van der Waals surface area contributed by atoms with Crippen LogP contribution in [0.1, 0.15) is 6.92 Å². The van der Waals surface area contributed by atoms with Crippen molar-refractivity contribution in [3.63, 3.8) is 0 Å². The second kappa shape index (κ2) is 2.56. The molecule has 1 atom stereocenters. The number of hydrazone groups is 1. The molecule has 0 spiro atoms. The predicted octanol–water partition coefficient (Wildman–Crippen LogP) is 0.876. The van der Waals surface area contributed by atoms with Gasteiger partial charge in [0, 0.05) is 13.6 Å². The molecule has 9 heavy (non-hydrogen) atoms. The van der Waals surface area contributed by atoms with Gasteiger partial charge in [-0.15, -0.1) is 0 Å². The van der Waals surface area contributed by atoms with Crippen molar-refractivity contribution < 1.29 is 0 Å². The fourth-order valence-corrected chi connectivity index (χ4v) is 1.21. The molecule has 1 rings (SSSR count). The first-order valence-corrected chi connectivity index (χ1v) is 3.84. The summed E-state index contributed by atoms with van der Waals surface area (Å²) in [5.41, 5.74) is 0. The van der Waals surface area contributed by atoms with Crippen LogP contribution in [-0.2, 0) is 0 Å². The fraction of sp³-hybridized carbons (Fsp3) is 0.800. The van der Waals surface area contributed by atoms with Crippen LogP contribution >= 0.6 is 15.9 Å². The van der Waals surface area contributed by atoms with Crippen molar-refractivity contribution in [2.24, 2.45) is 5.10 Å². The maximum absolute atomic E-state index is 4.06. The summed E-state index contributed by atoms with van der Waals surface area (Å²) in [6.07, 6.45) is 1.83. The Bertz CT molecular complexity index is 125. The number of rotatable bonds is 1. The number of halogens is 1. The summed E-state index contributed by atoms with van der Waals surface area (Å²) >= 11 is 3.46. The Morgan fingerprint density at radius 3 is 2.67 bits per heavy atom. The molecule has 1 aliphatic rings. The normalized spacial score (nSPS) is 25.9. The van der Waals surface area contributed by atoms with Crippen molar-refractivity contribution in [2.75, 3.05) is 13.6 Å². The van der Waals surface area contributed by atoms with Gasteiger partial charge in [-0.1, -0.05) is 0 Å². The predicted molar refractivity (Wildman–Crippen MR) is 41.4 cm³/mol. The Labute approximate surface area is 63.4 Å². The van der Waals surface area contributed by atoms with Crippen LogP contribution in [0.25, 0.3) is 0 Å². The quantitative estimate of drug-likeness (QED) is 0.453. The van der Waals surface area contributed by atoms with Gasteiger partial charge in [0.1, 0.15) is 6.34 Å². The molecule has 0 saturated heterocycles. The van der Waals surface area contributed by atoms with E-state index in [1.807, 2.05) is 18.4 Å². The molecule has 0 bridgehead atoms. The molecule has 0 aliphatic carbocycles. The molecule has 0 saturated carbocycles. The highest BCUT2D eigenvalue weighted by molar-refractivity contribution is 9.09. The van der Waals surface area contributed by atoms with Gasteiger partial charge < -0.3 is 4.90 Å². The first-order chi connectivity index (χ1) is 4.25. The van der Waals surface area contributed by atoms with E-state index in [2.05, 4.69) is 32.9 Å². The van der Waals surface area contributed by atoms with E-state index < -0.39 is 0 Å². The molecule has 1 heterocycles. The topological polar surface area (TPSA) is 18.8 Å². The first kappa shape index (κ1) is 6.86. The van der Waals surface area contributed by atoms with Crippen molar-refractivity contribution in [1.29, 1.82) is 0 Å². The highest BCUT2D eigenvalue weighted by Gasteiger charge is 2.19. The molecule has 1 aliphatic heterocycles. The van der Waals surface area contributed by atoms with Crippen molar-refractivity contribution >= 4 is 22.3 Å². The molecule has 0 N–H and O–H groups in total. The van der Waals surface area contributed by atoms with E-state index in [4.69, 9.17) is 0 Å². The lowest BCUT2D eigenvalue weighted by Crippen LogP contribution is -2.32. The van der Waals surface area contributed by atoms with Crippen LogP contribution in [0.15, 0.2) is 5.10 Å². The van der Waals surface area contributed by atoms with Crippen molar-refractivity contribution in [2.45, 2.75) is 12.0 Å². The smallest absolute Gasteiger partial charge is 0.175 e. The Morgan fingerprint density at radius 1 is 1.78 bits per heavy atom. The molecule has 4 heteroatoms. The minimum atomic E-state index is 0.252. The third-order valence-corrected chi connectivity index (χ3v) is 2.45. The summed E-state index contributed by atoms with van der Waals surface area (Å²) in [4.78, 5) is 2.10. The molecule has 52 valence electrons. The van der Waals surface area contributed by atoms with Crippen LogP contribution in [0.2, 0.25) is 0 Å². The van der Waals surface area contributed by atoms with Crippen LogP contribution in [-0.4, -0.2) is 34.9 Å². The number of nitrogens with zero attached hydrogens (tertiary/aromatic N) is 3. The Hall–Kier alpha value is -0.250. The summed E-state index contributed by atoms with van der Waals surface area (Å²) in [5.74, 6) is 0. The average Bonchev–Trinajstić information content (AvgIpc) is 2.15. The minimum absolute atomic E-state index is 0.252. The summed E-state index contributed by atoms with van der Waals surface area (Å²) in [6.45, 7) is 3.09. The zero-order chi connectivity index (χ0) is 6.85. The molecular formula is C5H10BrN3. The van der Waals surface area contributed by atoms with Crippen molar-refractivity contribution in [3.05, 3.63) is 0 Å². The van der Waals surface area contributed by atoms with E-state index in [-0.39, 0.29) is 5.08 Å². The molecule has 1 unspecified atom stereocenters. The van der Waals surface area contributed by atoms with Crippen LogP contribution in [0.4, 0.5) is 0 Å². The second-order valence-electron chi connectivity index (χ2n) is 1.95. The fourth-order valence-electron chi connectivity index (χ4n) is 0.705. The van der Waals surface area contributed by atoms with E-state index in [0.717, 1.165) is 6.54 Å². The maximum Gasteiger partial charge on any atom is 0.175 e. The monoisotopic (exact) mass is 191 g/mol.